The number of nitrogens with one attached hydrogen (secondary N) is 1. The summed E-state index contributed by atoms with van der Waals surface area (Å²) in [6.45, 7) is 0. The summed E-state index contributed by atoms with van der Waals surface area (Å²) in [5.74, 6) is 0. The van der Waals surface area contributed by atoms with Crippen LogP contribution in [0.1, 0.15) is 0 Å². The van der Waals surface area contributed by atoms with Crippen LogP contribution in [0, 0.1) is 0 Å². The quantitative estimate of drug-likeness (QED) is 0.486. The van der Waals surface area contributed by atoms with Crippen molar-refractivity contribution in [2.75, 3.05) is 0 Å². The van der Waals surface area contributed by atoms with E-state index in [0.29, 0.717) is 0 Å². The van der Waals surface area contributed by atoms with Crippen LogP contribution in [0.15, 0.2) is 59.6 Å². The first kappa shape index (κ1) is 9.92. The molecule has 0 aliphatic rings. The van der Waals surface area contributed by atoms with Crippen molar-refractivity contribution in [3.8, 4) is 11.1 Å². The Bertz CT molecular complexity index is 766. The minimum atomic E-state index is 1.26. The van der Waals surface area contributed by atoms with Crippen LogP contribution in [0.4, 0.5) is 0 Å². The van der Waals surface area contributed by atoms with E-state index < -0.39 is 0 Å². The van der Waals surface area contributed by atoms with Gasteiger partial charge < -0.3 is 4.98 Å². The third-order valence-electron chi connectivity index (χ3n) is 3.42. The van der Waals surface area contributed by atoms with Gasteiger partial charge in [0.05, 0.1) is 0 Å². The number of hydrogen-bond donors (Lipinski definition) is 1. The molecule has 0 saturated heterocycles. The number of benzene rings is 2. The zero-order chi connectivity index (χ0) is 11.9. The highest BCUT2D eigenvalue weighted by Crippen LogP contribution is 2.34. The van der Waals surface area contributed by atoms with Gasteiger partial charge in [0.15, 0.2) is 0 Å². The summed E-state index contributed by atoms with van der Waals surface area (Å²) in [6, 6.07) is 13.0. The van der Waals surface area contributed by atoms with E-state index in [1.54, 1.807) is 11.3 Å². The van der Waals surface area contributed by atoms with E-state index in [4.69, 9.17) is 0 Å². The predicted octanol–water partition coefficient (Wildman–Crippen LogP) is 5.05. The van der Waals surface area contributed by atoms with Gasteiger partial charge in [-0.25, -0.2) is 0 Å². The Balaban J connectivity index is 2.13. The van der Waals surface area contributed by atoms with Crippen LogP contribution in [-0.4, -0.2) is 4.98 Å². The number of H-pyrrole nitrogens is 1. The highest BCUT2D eigenvalue weighted by molar-refractivity contribution is 7.09. The minimum Gasteiger partial charge on any atom is -0.366 e. The van der Waals surface area contributed by atoms with Crippen LogP contribution in [0.25, 0.3) is 32.7 Å². The van der Waals surface area contributed by atoms with Crippen LogP contribution in [0.2, 0.25) is 0 Å². The van der Waals surface area contributed by atoms with Crippen LogP contribution in [0.3, 0.4) is 0 Å². The minimum absolute atomic E-state index is 1.26. The van der Waals surface area contributed by atoms with Gasteiger partial charge in [-0.15, -0.1) is 0 Å². The van der Waals surface area contributed by atoms with Crippen molar-refractivity contribution in [2.45, 2.75) is 0 Å². The summed E-state index contributed by atoms with van der Waals surface area (Å²) >= 11 is 1.76. The molecule has 0 atom stereocenters. The highest BCUT2D eigenvalue weighted by Gasteiger charge is 2.08. The largest absolute Gasteiger partial charge is 0.366 e. The Morgan fingerprint density at radius 2 is 1.50 bits per heavy atom. The fourth-order valence-corrected chi connectivity index (χ4v) is 3.37. The van der Waals surface area contributed by atoms with E-state index >= 15 is 0 Å². The number of fused-ring (bicyclic) bond motifs is 2. The molecule has 0 aliphatic heterocycles. The van der Waals surface area contributed by atoms with Crippen molar-refractivity contribution in [2.24, 2.45) is 0 Å². The van der Waals surface area contributed by atoms with Gasteiger partial charge in [-0.1, -0.05) is 36.4 Å². The fraction of sp³-hybridized carbons (Fsp3) is 0. The standard InChI is InChI=1S/C16H11NS/c1-3-11-7-17-8-15(11)13(5-1)14-6-2-4-12-9-18-10-16(12)14/h1-10,17H. The van der Waals surface area contributed by atoms with E-state index in [1.165, 1.54) is 32.7 Å². The summed E-state index contributed by atoms with van der Waals surface area (Å²) in [5, 5.41) is 9.66. The maximum absolute atomic E-state index is 3.19. The van der Waals surface area contributed by atoms with E-state index in [0.717, 1.165) is 0 Å². The molecule has 4 rings (SSSR count). The molecule has 2 aromatic heterocycles. The van der Waals surface area contributed by atoms with Gasteiger partial charge in [-0.3, -0.25) is 0 Å². The second kappa shape index (κ2) is 3.72. The third-order valence-corrected chi connectivity index (χ3v) is 4.18. The van der Waals surface area contributed by atoms with Gasteiger partial charge in [0, 0.05) is 23.2 Å². The second-order valence-electron chi connectivity index (χ2n) is 4.44. The molecule has 2 aromatic carbocycles. The Kier molecular flexibility index (Phi) is 2.05. The Morgan fingerprint density at radius 1 is 0.722 bits per heavy atom. The van der Waals surface area contributed by atoms with Crippen LogP contribution < -0.4 is 0 Å². The molecule has 0 unspecified atom stereocenters. The fourth-order valence-electron chi connectivity index (χ4n) is 2.55. The number of rotatable bonds is 1. The lowest BCUT2D eigenvalue weighted by atomic mass is 9.98. The van der Waals surface area contributed by atoms with Crippen molar-refractivity contribution in [1.82, 2.24) is 4.98 Å². The normalized spacial score (nSPS) is 11.3. The van der Waals surface area contributed by atoms with Crippen LogP contribution >= 0.6 is 11.3 Å². The molecule has 86 valence electrons. The Labute approximate surface area is 109 Å². The SMILES string of the molecule is c1cc(-c2cccc3cscc23)c2c[nH]cc2c1. The van der Waals surface area contributed by atoms with Gasteiger partial charge in [0.1, 0.15) is 0 Å². The summed E-state index contributed by atoms with van der Waals surface area (Å²) in [4.78, 5) is 3.19. The van der Waals surface area contributed by atoms with Crippen molar-refractivity contribution in [1.29, 1.82) is 0 Å². The smallest absolute Gasteiger partial charge is 0.00906 e. The molecule has 1 nitrogen and oxygen atoms in total. The van der Waals surface area contributed by atoms with Crippen molar-refractivity contribution >= 4 is 32.9 Å². The number of aromatic amines is 1. The molecular formula is C16H11NS. The average molecular weight is 249 g/mol. The first-order valence-electron chi connectivity index (χ1n) is 5.94. The summed E-state index contributed by atoms with van der Waals surface area (Å²) < 4.78 is 0. The number of hydrogen-bond acceptors (Lipinski definition) is 1. The lowest BCUT2D eigenvalue weighted by Crippen LogP contribution is -1.79. The summed E-state index contributed by atoms with van der Waals surface area (Å²) in [7, 11) is 0. The molecule has 2 heterocycles. The summed E-state index contributed by atoms with van der Waals surface area (Å²) in [5.41, 5.74) is 2.62. The first-order valence-corrected chi connectivity index (χ1v) is 6.88. The zero-order valence-corrected chi connectivity index (χ0v) is 10.5. The van der Waals surface area contributed by atoms with Crippen molar-refractivity contribution in [3.05, 3.63) is 59.6 Å². The second-order valence-corrected chi connectivity index (χ2v) is 5.19. The Hall–Kier alpha value is -2.06. The monoisotopic (exact) mass is 249 g/mol. The van der Waals surface area contributed by atoms with Crippen LogP contribution in [-0.2, 0) is 0 Å². The number of thiophene rings is 1. The van der Waals surface area contributed by atoms with Gasteiger partial charge in [0.25, 0.3) is 0 Å². The first-order chi connectivity index (χ1) is 8.93. The van der Waals surface area contributed by atoms with Gasteiger partial charge in [-0.2, -0.15) is 11.3 Å². The molecule has 0 spiro atoms. The molecule has 0 fully saturated rings. The molecule has 2 heteroatoms. The maximum Gasteiger partial charge on any atom is 0.00906 e. The van der Waals surface area contributed by atoms with Gasteiger partial charge in [0.2, 0.25) is 0 Å². The van der Waals surface area contributed by atoms with E-state index in [1.807, 2.05) is 6.20 Å². The molecule has 0 amide bonds. The maximum atomic E-state index is 3.19. The molecular weight excluding hydrogens is 238 g/mol. The third kappa shape index (κ3) is 1.33. The molecule has 0 bridgehead atoms. The van der Waals surface area contributed by atoms with Crippen molar-refractivity contribution < 1.29 is 0 Å². The molecule has 0 aliphatic carbocycles. The summed E-state index contributed by atoms with van der Waals surface area (Å²) in [6.07, 6.45) is 4.13. The molecule has 0 saturated carbocycles. The van der Waals surface area contributed by atoms with E-state index in [2.05, 4.69) is 58.3 Å². The van der Waals surface area contributed by atoms with Crippen molar-refractivity contribution in [3.63, 3.8) is 0 Å². The number of aromatic nitrogens is 1. The van der Waals surface area contributed by atoms with E-state index in [-0.39, 0.29) is 0 Å². The molecule has 0 radical (unpaired) electrons. The van der Waals surface area contributed by atoms with Crippen LogP contribution in [0.5, 0.6) is 0 Å². The van der Waals surface area contributed by atoms with Gasteiger partial charge >= 0.3 is 0 Å². The van der Waals surface area contributed by atoms with E-state index in [9.17, 15) is 0 Å². The Morgan fingerprint density at radius 3 is 2.39 bits per heavy atom. The highest BCUT2D eigenvalue weighted by atomic mass is 32.1. The van der Waals surface area contributed by atoms with Gasteiger partial charge in [-0.05, 0) is 32.7 Å². The molecule has 4 aromatic rings. The average Bonchev–Trinajstić information content (AvgIpc) is 3.06. The lowest BCUT2D eigenvalue weighted by molar-refractivity contribution is 1.43. The topological polar surface area (TPSA) is 15.8 Å². The zero-order valence-electron chi connectivity index (χ0n) is 9.68. The predicted molar refractivity (Wildman–Crippen MR) is 79.1 cm³/mol. The lowest BCUT2D eigenvalue weighted by Gasteiger charge is -2.05. The molecule has 18 heavy (non-hydrogen) atoms. The molecule has 1 N–H and O–H groups in total.